The topological polar surface area (TPSA) is 50.2 Å². The Bertz CT molecular complexity index is 470. The lowest BCUT2D eigenvalue weighted by atomic mass is 10.2. The summed E-state index contributed by atoms with van der Waals surface area (Å²) in [4.78, 5) is 14.6. The molecule has 2 rings (SSSR count). The molecule has 0 radical (unpaired) electrons. The Morgan fingerprint density at radius 3 is 2.71 bits per heavy atom. The number of carboxylic acid groups (broad SMARTS) is 1. The lowest BCUT2D eigenvalue weighted by Crippen LogP contribution is -1.96. The molecule has 0 aliphatic rings. The lowest BCUT2D eigenvalue weighted by Gasteiger charge is -1.97. The number of aromatic nitrogens is 1. The van der Waals surface area contributed by atoms with Gasteiger partial charge in [0.2, 0.25) is 0 Å². The van der Waals surface area contributed by atoms with Gasteiger partial charge in [0, 0.05) is 11.6 Å². The molecule has 0 bridgehead atoms. The molecule has 3 nitrogen and oxygen atoms in total. The predicted octanol–water partition coefficient (Wildman–Crippen LogP) is 2.51. The van der Waals surface area contributed by atoms with Crippen molar-refractivity contribution in [2.45, 2.75) is 0 Å². The smallest absolute Gasteiger partial charge is 0.337 e. The molecule has 0 aliphatic carbocycles. The summed E-state index contributed by atoms with van der Waals surface area (Å²) in [5, 5.41) is 9.55. The minimum Gasteiger partial charge on any atom is -0.478 e. The summed E-state index contributed by atoms with van der Waals surface area (Å²) < 4.78 is 0. The predicted molar refractivity (Wildman–Crippen MR) is 59.0 cm³/mol. The molecular weight excluding hydrogens is 246 g/mol. The summed E-state index contributed by atoms with van der Waals surface area (Å²) in [6.07, 6.45) is 1.37. The molecule has 0 aliphatic heterocycles. The Kier molecular flexibility index (Phi) is 3.19. The van der Waals surface area contributed by atoms with E-state index in [0.717, 1.165) is 10.9 Å². The minimum atomic E-state index is -0.946. The van der Waals surface area contributed by atoms with Gasteiger partial charge in [0.15, 0.2) is 0 Å². The van der Waals surface area contributed by atoms with Crippen LogP contribution >= 0.6 is 17.0 Å². The molecule has 14 heavy (non-hydrogen) atoms. The Morgan fingerprint density at radius 2 is 2.00 bits per heavy atom. The second-order valence-electron chi connectivity index (χ2n) is 2.72. The fourth-order valence-electron chi connectivity index (χ4n) is 1.19. The zero-order valence-electron chi connectivity index (χ0n) is 7.18. The SMILES string of the molecule is Br.O=C(O)c1cnc2ccccc2c1. The van der Waals surface area contributed by atoms with E-state index in [1.165, 1.54) is 6.20 Å². The monoisotopic (exact) mass is 253 g/mol. The van der Waals surface area contributed by atoms with E-state index in [0.29, 0.717) is 0 Å². The molecule has 1 aromatic heterocycles. The van der Waals surface area contributed by atoms with Crippen LogP contribution in [0.2, 0.25) is 0 Å². The molecular formula is C10H8BrNO2. The van der Waals surface area contributed by atoms with Gasteiger partial charge in [-0.3, -0.25) is 4.98 Å². The highest BCUT2D eigenvalue weighted by Gasteiger charge is 2.03. The van der Waals surface area contributed by atoms with Crippen LogP contribution in [-0.4, -0.2) is 16.1 Å². The number of benzene rings is 1. The van der Waals surface area contributed by atoms with Crippen molar-refractivity contribution in [3.05, 3.63) is 42.1 Å². The number of carbonyl (C=O) groups is 1. The van der Waals surface area contributed by atoms with E-state index in [1.54, 1.807) is 6.07 Å². The number of halogens is 1. The molecule has 2 aromatic rings. The largest absolute Gasteiger partial charge is 0.478 e. The fourth-order valence-corrected chi connectivity index (χ4v) is 1.19. The number of carboxylic acids is 1. The molecule has 4 heteroatoms. The first-order valence-corrected chi connectivity index (χ1v) is 3.85. The van der Waals surface area contributed by atoms with Crippen molar-refractivity contribution in [3.63, 3.8) is 0 Å². The van der Waals surface area contributed by atoms with E-state index in [4.69, 9.17) is 5.11 Å². The molecule has 1 heterocycles. The van der Waals surface area contributed by atoms with Gasteiger partial charge in [-0.05, 0) is 12.1 Å². The lowest BCUT2D eigenvalue weighted by molar-refractivity contribution is 0.0696. The van der Waals surface area contributed by atoms with Crippen molar-refractivity contribution in [3.8, 4) is 0 Å². The van der Waals surface area contributed by atoms with E-state index < -0.39 is 5.97 Å². The third-order valence-corrected chi connectivity index (χ3v) is 1.84. The second-order valence-corrected chi connectivity index (χ2v) is 2.72. The molecule has 0 amide bonds. The van der Waals surface area contributed by atoms with Gasteiger partial charge in [0.1, 0.15) is 0 Å². The molecule has 1 aromatic carbocycles. The standard InChI is InChI=1S/C10H7NO2.BrH/c12-10(13)8-5-7-3-1-2-4-9(7)11-6-8;/h1-6H,(H,12,13);1H. The van der Waals surface area contributed by atoms with Crippen molar-refractivity contribution >= 4 is 33.9 Å². The summed E-state index contributed by atoms with van der Waals surface area (Å²) >= 11 is 0. The molecule has 0 atom stereocenters. The molecule has 0 unspecified atom stereocenters. The number of hydrogen-bond donors (Lipinski definition) is 1. The van der Waals surface area contributed by atoms with E-state index >= 15 is 0 Å². The fraction of sp³-hybridized carbons (Fsp3) is 0. The number of aromatic carboxylic acids is 1. The molecule has 1 N–H and O–H groups in total. The van der Waals surface area contributed by atoms with Gasteiger partial charge in [-0.1, -0.05) is 18.2 Å². The highest BCUT2D eigenvalue weighted by molar-refractivity contribution is 8.93. The van der Waals surface area contributed by atoms with Gasteiger partial charge < -0.3 is 5.11 Å². The van der Waals surface area contributed by atoms with Crippen LogP contribution in [0, 0.1) is 0 Å². The van der Waals surface area contributed by atoms with Crippen molar-refractivity contribution in [2.24, 2.45) is 0 Å². The number of rotatable bonds is 1. The van der Waals surface area contributed by atoms with E-state index in [2.05, 4.69) is 4.98 Å². The van der Waals surface area contributed by atoms with Gasteiger partial charge >= 0.3 is 5.97 Å². The summed E-state index contributed by atoms with van der Waals surface area (Å²) in [5.41, 5.74) is 1.03. The van der Waals surface area contributed by atoms with Crippen LogP contribution in [0.4, 0.5) is 0 Å². The molecule has 0 spiro atoms. The highest BCUT2D eigenvalue weighted by Crippen LogP contribution is 2.12. The van der Waals surface area contributed by atoms with E-state index in [-0.39, 0.29) is 22.5 Å². The normalized spacial score (nSPS) is 9.43. The Morgan fingerprint density at radius 1 is 1.29 bits per heavy atom. The first-order valence-electron chi connectivity index (χ1n) is 3.85. The number of nitrogens with zero attached hydrogens (tertiary/aromatic N) is 1. The molecule has 0 saturated heterocycles. The van der Waals surface area contributed by atoms with Crippen LogP contribution in [-0.2, 0) is 0 Å². The maximum atomic E-state index is 10.6. The van der Waals surface area contributed by atoms with Crippen LogP contribution in [0.5, 0.6) is 0 Å². The molecule has 0 saturated carbocycles. The molecule has 0 fully saturated rings. The summed E-state index contributed by atoms with van der Waals surface area (Å²) in [7, 11) is 0. The quantitative estimate of drug-likeness (QED) is 0.850. The number of hydrogen-bond acceptors (Lipinski definition) is 2. The average Bonchev–Trinajstić information content (AvgIpc) is 2.17. The van der Waals surface area contributed by atoms with Crippen molar-refractivity contribution in [2.75, 3.05) is 0 Å². The number of fused-ring (bicyclic) bond motifs is 1. The summed E-state index contributed by atoms with van der Waals surface area (Å²) in [6.45, 7) is 0. The van der Waals surface area contributed by atoms with Gasteiger partial charge in [0.25, 0.3) is 0 Å². The zero-order valence-corrected chi connectivity index (χ0v) is 8.89. The maximum absolute atomic E-state index is 10.6. The first-order chi connectivity index (χ1) is 6.27. The third-order valence-electron chi connectivity index (χ3n) is 1.84. The van der Waals surface area contributed by atoms with Crippen LogP contribution < -0.4 is 0 Å². The van der Waals surface area contributed by atoms with E-state index in [1.807, 2.05) is 24.3 Å². The Balaban J connectivity index is 0.000000980. The number of para-hydroxylation sites is 1. The highest BCUT2D eigenvalue weighted by atomic mass is 79.9. The maximum Gasteiger partial charge on any atom is 0.337 e. The van der Waals surface area contributed by atoms with Crippen LogP contribution in [0.3, 0.4) is 0 Å². The van der Waals surface area contributed by atoms with Crippen LogP contribution in [0.15, 0.2) is 36.5 Å². The summed E-state index contributed by atoms with van der Waals surface area (Å²) in [6, 6.07) is 9.03. The summed E-state index contributed by atoms with van der Waals surface area (Å²) in [5.74, 6) is -0.946. The van der Waals surface area contributed by atoms with Crippen molar-refractivity contribution < 1.29 is 9.90 Å². The van der Waals surface area contributed by atoms with Crippen LogP contribution in [0.1, 0.15) is 10.4 Å². The number of pyridine rings is 1. The first kappa shape index (κ1) is 10.7. The van der Waals surface area contributed by atoms with Crippen LogP contribution in [0.25, 0.3) is 10.9 Å². The van der Waals surface area contributed by atoms with Gasteiger partial charge in [-0.2, -0.15) is 0 Å². The Hall–Kier alpha value is -1.42. The van der Waals surface area contributed by atoms with Crippen molar-refractivity contribution in [1.29, 1.82) is 0 Å². The van der Waals surface area contributed by atoms with Gasteiger partial charge in [-0.15, -0.1) is 17.0 Å². The minimum absolute atomic E-state index is 0. The Labute approximate surface area is 91.2 Å². The van der Waals surface area contributed by atoms with Crippen molar-refractivity contribution in [1.82, 2.24) is 4.98 Å². The van der Waals surface area contributed by atoms with Gasteiger partial charge in [0.05, 0.1) is 11.1 Å². The third kappa shape index (κ3) is 1.90. The van der Waals surface area contributed by atoms with E-state index in [9.17, 15) is 4.79 Å². The second kappa shape index (κ2) is 4.19. The molecule has 72 valence electrons. The average molecular weight is 254 g/mol. The van der Waals surface area contributed by atoms with Gasteiger partial charge in [-0.25, -0.2) is 4.79 Å². The zero-order chi connectivity index (χ0) is 9.26.